The van der Waals surface area contributed by atoms with Gasteiger partial charge in [-0.3, -0.25) is 14.5 Å². The van der Waals surface area contributed by atoms with Crippen LogP contribution in [-0.4, -0.2) is 35.0 Å². The number of rotatable bonds is 4. The van der Waals surface area contributed by atoms with E-state index in [9.17, 15) is 22.8 Å². The second kappa shape index (κ2) is 5.98. The highest BCUT2D eigenvalue weighted by Crippen LogP contribution is 2.34. The van der Waals surface area contributed by atoms with Gasteiger partial charge in [-0.1, -0.05) is 11.6 Å². The number of benzene rings is 1. The zero-order valence-corrected chi connectivity index (χ0v) is 11.7. The maximum atomic E-state index is 12.7. The standard InChI is InChI=1S/C13H10ClF3N2O3/c14-8-2-1-7(13(15,16)17)5-9(8)18-10-6-11(21)19(3-4-20)12(10)22/h1-2,5-6,18,20H,3-4H2. The Kier molecular flexibility index (Phi) is 4.43. The Morgan fingerprint density at radius 1 is 1.27 bits per heavy atom. The number of hydrogen-bond donors (Lipinski definition) is 2. The van der Waals surface area contributed by atoms with Crippen molar-refractivity contribution in [1.82, 2.24) is 4.90 Å². The molecular formula is C13H10ClF3N2O3. The fourth-order valence-electron chi connectivity index (χ4n) is 1.85. The lowest BCUT2D eigenvalue weighted by Gasteiger charge is -2.15. The Morgan fingerprint density at radius 3 is 2.55 bits per heavy atom. The van der Waals surface area contributed by atoms with Gasteiger partial charge in [-0.2, -0.15) is 13.2 Å². The lowest BCUT2D eigenvalue weighted by molar-refractivity contribution is -0.138. The van der Waals surface area contributed by atoms with E-state index in [1.54, 1.807) is 0 Å². The molecule has 0 fully saturated rings. The highest BCUT2D eigenvalue weighted by molar-refractivity contribution is 6.33. The summed E-state index contributed by atoms with van der Waals surface area (Å²) >= 11 is 5.80. The van der Waals surface area contributed by atoms with E-state index in [2.05, 4.69) is 5.32 Å². The molecule has 1 aromatic carbocycles. The fraction of sp³-hybridized carbons (Fsp3) is 0.231. The quantitative estimate of drug-likeness (QED) is 0.827. The second-order valence-corrected chi connectivity index (χ2v) is 4.80. The van der Waals surface area contributed by atoms with Gasteiger partial charge < -0.3 is 10.4 Å². The predicted octanol–water partition coefficient (Wildman–Crippen LogP) is 2.02. The van der Waals surface area contributed by atoms with Crippen molar-refractivity contribution in [1.29, 1.82) is 0 Å². The molecule has 22 heavy (non-hydrogen) atoms. The van der Waals surface area contributed by atoms with Crippen LogP contribution in [0.25, 0.3) is 0 Å². The van der Waals surface area contributed by atoms with E-state index in [4.69, 9.17) is 16.7 Å². The molecule has 2 N–H and O–H groups in total. The maximum Gasteiger partial charge on any atom is 0.416 e. The number of anilines is 1. The van der Waals surface area contributed by atoms with Crippen LogP contribution in [-0.2, 0) is 15.8 Å². The third-order valence-electron chi connectivity index (χ3n) is 2.90. The van der Waals surface area contributed by atoms with Gasteiger partial charge in [0.15, 0.2) is 0 Å². The number of alkyl halides is 3. The van der Waals surface area contributed by atoms with Crippen molar-refractivity contribution in [3.05, 3.63) is 40.6 Å². The van der Waals surface area contributed by atoms with Crippen molar-refractivity contribution in [2.75, 3.05) is 18.5 Å². The van der Waals surface area contributed by atoms with Gasteiger partial charge in [-0.15, -0.1) is 0 Å². The summed E-state index contributed by atoms with van der Waals surface area (Å²) in [6.45, 7) is -0.613. The zero-order valence-electron chi connectivity index (χ0n) is 10.9. The summed E-state index contributed by atoms with van der Waals surface area (Å²) in [4.78, 5) is 24.2. The first-order valence-corrected chi connectivity index (χ1v) is 6.44. The number of carbonyl (C=O) groups is 2. The molecular weight excluding hydrogens is 325 g/mol. The summed E-state index contributed by atoms with van der Waals surface area (Å²) in [6, 6.07) is 2.59. The molecule has 0 unspecified atom stereocenters. The molecule has 0 aromatic heterocycles. The van der Waals surface area contributed by atoms with Gasteiger partial charge in [-0.05, 0) is 18.2 Å². The average Bonchev–Trinajstić information content (AvgIpc) is 2.68. The summed E-state index contributed by atoms with van der Waals surface area (Å²) in [5.41, 5.74) is -1.29. The number of β-amino-alcohol motifs (C(OH)–C–C–N with tert-alkyl or cyclic N) is 1. The first kappa shape index (κ1) is 16.3. The molecule has 0 aliphatic carbocycles. The topological polar surface area (TPSA) is 69.6 Å². The van der Waals surface area contributed by atoms with Crippen molar-refractivity contribution in [3.63, 3.8) is 0 Å². The van der Waals surface area contributed by atoms with E-state index in [-0.39, 0.29) is 23.0 Å². The van der Waals surface area contributed by atoms with E-state index in [0.717, 1.165) is 29.2 Å². The molecule has 5 nitrogen and oxygen atoms in total. The highest BCUT2D eigenvalue weighted by Gasteiger charge is 2.33. The molecule has 2 rings (SSSR count). The summed E-state index contributed by atoms with van der Waals surface area (Å²) < 4.78 is 38.0. The van der Waals surface area contributed by atoms with Crippen LogP contribution in [0.15, 0.2) is 30.0 Å². The SMILES string of the molecule is O=C1C=C(Nc2cc(C(F)(F)F)ccc2Cl)C(=O)N1CCO. The number of aliphatic hydroxyl groups is 1. The molecule has 0 saturated carbocycles. The first-order valence-electron chi connectivity index (χ1n) is 6.06. The van der Waals surface area contributed by atoms with Crippen LogP contribution >= 0.6 is 11.6 Å². The molecule has 0 radical (unpaired) electrons. The summed E-state index contributed by atoms with van der Waals surface area (Å²) in [7, 11) is 0. The Labute approximate surface area is 128 Å². The molecule has 2 amide bonds. The average molecular weight is 335 g/mol. The van der Waals surface area contributed by atoms with Gasteiger partial charge in [0.25, 0.3) is 11.8 Å². The minimum Gasteiger partial charge on any atom is -0.395 e. The number of nitrogens with one attached hydrogen (secondary N) is 1. The molecule has 9 heteroatoms. The molecule has 1 heterocycles. The van der Waals surface area contributed by atoms with E-state index in [1.807, 2.05) is 0 Å². The molecule has 1 aliphatic heterocycles. The Bertz CT molecular complexity index is 658. The second-order valence-electron chi connectivity index (χ2n) is 4.39. The molecule has 118 valence electrons. The minimum atomic E-state index is -4.56. The number of hydrogen-bond acceptors (Lipinski definition) is 4. The molecule has 1 aromatic rings. The Morgan fingerprint density at radius 2 is 1.95 bits per heavy atom. The van der Waals surface area contributed by atoms with Crippen LogP contribution in [0.2, 0.25) is 5.02 Å². The van der Waals surface area contributed by atoms with Crippen molar-refractivity contribution in [3.8, 4) is 0 Å². The summed E-state index contributed by atoms with van der Waals surface area (Å²) in [5, 5.41) is 11.2. The third kappa shape index (κ3) is 3.23. The first-order chi connectivity index (χ1) is 10.2. The van der Waals surface area contributed by atoms with Gasteiger partial charge in [0.05, 0.1) is 29.4 Å². The van der Waals surface area contributed by atoms with Gasteiger partial charge in [0.2, 0.25) is 0 Å². The monoisotopic (exact) mass is 334 g/mol. The molecule has 0 spiro atoms. The smallest absolute Gasteiger partial charge is 0.395 e. The van der Waals surface area contributed by atoms with Crippen LogP contribution in [0.3, 0.4) is 0 Å². The summed E-state index contributed by atoms with van der Waals surface area (Å²) in [6.07, 6.45) is -3.62. The largest absolute Gasteiger partial charge is 0.416 e. The number of imide groups is 1. The van der Waals surface area contributed by atoms with Crippen molar-refractivity contribution >= 4 is 29.1 Å². The predicted molar refractivity (Wildman–Crippen MR) is 72.0 cm³/mol. The van der Waals surface area contributed by atoms with Crippen LogP contribution in [0.5, 0.6) is 0 Å². The van der Waals surface area contributed by atoms with E-state index in [1.165, 1.54) is 0 Å². The highest BCUT2D eigenvalue weighted by atomic mass is 35.5. The molecule has 1 aliphatic rings. The third-order valence-corrected chi connectivity index (χ3v) is 3.23. The number of halogens is 4. The maximum absolute atomic E-state index is 12.7. The van der Waals surface area contributed by atoms with Crippen molar-refractivity contribution in [2.45, 2.75) is 6.18 Å². The Hall–Kier alpha value is -2.06. The van der Waals surface area contributed by atoms with E-state index >= 15 is 0 Å². The van der Waals surface area contributed by atoms with Crippen LogP contribution in [0.4, 0.5) is 18.9 Å². The molecule has 0 bridgehead atoms. The number of carbonyl (C=O) groups excluding carboxylic acids is 2. The minimum absolute atomic E-state index is 0.0326. The molecule has 0 atom stereocenters. The van der Waals surface area contributed by atoms with E-state index in [0.29, 0.717) is 0 Å². The number of aliphatic hydroxyl groups excluding tert-OH is 1. The van der Waals surface area contributed by atoms with Gasteiger partial charge in [0, 0.05) is 6.08 Å². The van der Waals surface area contributed by atoms with Gasteiger partial charge in [0.1, 0.15) is 5.70 Å². The van der Waals surface area contributed by atoms with E-state index < -0.39 is 30.2 Å². The lowest BCUT2D eigenvalue weighted by Crippen LogP contribution is -2.34. The van der Waals surface area contributed by atoms with Crippen molar-refractivity contribution in [2.24, 2.45) is 0 Å². The number of amides is 2. The van der Waals surface area contributed by atoms with Crippen LogP contribution in [0, 0.1) is 0 Å². The normalized spacial score (nSPS) is 15.3. The fourth-order valence-corrected chi connectivity index (χ4v) is 2.02. The summed E-state index contributed by atoms with van der Waals surface area (Å²) in [5.74, 6) is -1.41. The van der Waals surface area contributed by atoms with Gasteiger partial charge in [-0.25, -0.2) is 0 Å². The Balaban J connectivity index is 2.27. The lowest BCUT2D eigenvalue weighted by atomic mass is 10.2. The zero-order chi connectivity index (χ0) is 16.5. The van der Waals surface area contributed by atoms with Crippen molar-refractivity contribution < 1.29 is 27.9 Å². The van der Waals surface area contributed by atoms with Gasteiger partial charge >= 0.3 is 6.18 Å². The number of nitrogens with zero attached hydrogens (tertiary/aromatic N) is 1. The van der Waals surface area contributed by atoms with Crippen LogP contribution < -0.4 is 5.32 Å². The molecule has 0 saturated heterocycles. The van der Waals surface area contributed by atoms with Crippen LogP contribution in [0.1, 0.15) is 5.56 Å².